The van der Waals surface area contributed by atoms with Crippen LogP contribution >= 0.6 is 0 Å². The average Bonchev–Trinajstić information content (AvgIpc) is 2.68. The first-order valence-corrected chi connectivity index (χ1v) is 8.45. The fourth-order valence-electron chi connectivity index (χ4n) is 2.51. The van der Waals surface area contributed by atoms with Gasteiger partial charge in [0.2, 0.25) is 0 Å². The second-order valence-corrected chi connectivity index (χ2v) is 5.52. The maximum Gasteiger partial charge on any atom is 0.337 e. The molecular formula is C22H23NO3. The SMILES string of the molecule is C#CC/C(C(=O)OCC)=C(/NCc1ccccc1)c1ccc(OC)cc1. The molecule has 0 amide bonds. The van der Waals surface area contributed by atoms with Crippen LogP contribution in [0.5, 0.6) is 5.75 Å². The average molecular weight is 349 g/mol. The van der Waals surface area contributed by atoms with E-state index in [1.807, 2.05) is 54.6 Å². The molecule has 2 aromatic carbocycles. The van der Waals surface area contributed by atoms with Gasteiger partial charge in [-0.05, 0) is 42.3 Å². The van der Waals surface area contributed by atoms with Crippen molar-refractivity contribution in [3.05, 3.63) is 71.3 Å². The molecule has 0 unspecified atom stereocenters. The largest absolute Gasteiger partial charge is 0.497 e. The smallest absolute Gasteiger partial charge is 0.337 e. The van der Waals surface area contributed by atoms with Crippen LogP contribution in [0.1, 0.15) is 24.5 Å². The Morgan fingerprint density at radius 3 is 2.38 bits per heavy atom. The van der Waals surface area contributed by atoms with E-state index in [1.165, 1.54) is 0 Å². The Bertz CT molecular complexity index is 786. The van der Waals surface area contributed by atoms with Crippen molar-refractivity contribution in [1.82, 2.24) is 5.32 Å². The molecule has 26 heavy (non-hydrogen) atoms. The van der Waals surface area contributed by atoms with Crippen molar-refractivity contribution in [3.8, 4) is 18.1 Å². The lowest BCUT2D eigenvalue weighted by Gasteiger charge is -2.16. The molecule has 0 bridgehead atoms. The van der Waals surface area contributed by atoms with Crippen LogP contribution in [0, 0.1) is 12.3 Å². The molecule has 0 aliphatic rings. The Morgan fingerprint density at radius 2 is 1.81 bits per heavy atom. The van der Waals surface area contributed by atoms with Crippen molar-refractivity contribution in [3.63, 3.8) is 0 Å². The predicted octanol–water partition coefficient (Wildman–Crippen LogP) is 3.78. The Labute approximate surface area is 154 Å². The Kier molecular flexibility index (Phi) is 7.32. The molecule has 0 fully saturated rings. The molecular weight excluding hydrogens is 326 g/mol. The summed E-state index contributed by atoms with van der Waals surface area (Å²) in [6, 6.07) is 17.4. The van der Waals surface area contributed by atoms with E-state index < -0.39 is 5.97 Å². The Balaban J connectivity index is 2.42. The molecule has 0 aliphatic carbocycles. The van der Waals surface area contributed by atoms with Crippen LogP contribution in [-0.4, -0.2) is 19.7 Å². The second kappa shape index (κ2) is 9.95. The molecule has 0 saturated carbocycles. The van der Waals surface area contributed by atoms with Crippen molar-refractivity contribution >= 4 is 11.7 Å². The quantitative estimate of drug-likeness (QED) is 0.448. The van der Waals surface area contributed by atoms with Crippen LogP contribution in [0.2, 0.25) is 0 Å². The molecule has 0 atom stereocenters. The standard InChI is InChI=1S/C22H23NO3/c1-4-9-20(22(24)26-5-2)21(18-12-14-19(25-3)15-13-18)23-16-17-10-7-6-8-11-17/h1,6-8,10-15,23H,5,9,16H2,2-3H3/b21-20-. The molecule has 0 aromatic heterocycles. The van der Waals surface area contributed by atoms with E-state index in [1.54, 1.807) is 14.0 Å². The highest BCUT2D eigenvalue weighted by molar-refractivity contribution is 5.97. The summed E-state index contributed by atoms with van der Waals surface area (Å²) in [5.41, 5.74) is 3.06. The van der Waals surface area contributed by atoms with Gasteiger partial charge < -0.3 is 14.8 Å². The third kappa shape index (κ3) is 5.15. The first-order chi connectivity index (χ1) is 12.7. The van der Waals surface area contributed by atoms with Crippen molar-refractivity contribution in [1.29, 1.82) is 0 Å². The van der Waals surface area contributed by atoms with E-state index in [-0.39, 0.29) is 6.42 Å². The number of hydrogen-bond donors (Lipinski definition) is 1. The van der Waals surface area contributed by atoms with Crippen molar-refractivity contribution < 1.29 is 14.3 Å². The third-order valence-electron chi connectivity index (χ3n) is 3.79. The number of nitrogens with one attached hydrogen (secondary N) is 1. The van der Waals surface area contributed by atoms with Gasteiger partial charge in [-0.15, -0.1) is 12.3 Å². The Morgan fingerprint density at radius 1 is 1.12 bits per heavy atom. The molecule has 2 aromatic rings. The topological polar surface area (TPSA) is 47.6 Å². The first kappa shape index (κ1) is 19.1. The minimum atomic E-state index is -0.406. The fourth-order valence-corrected chi connectivity index (χ4v) is 2.51. The van der Waals surface area contributed by atoms with Crippen LogP contribution in [0.15, 0.2) is 60.2 Å². The van der Waals surface area contributed by atoms with Crippen LogP contribution in [0.4, 0.5) is 0 Å². The lowest BCUT2D eigenvalue weighted by atomic mass is 10.0. The molecule has 0 radical (unpaired) electrons. The molecule has 0 aliphatic heterocycles. The van der Waals surface area contributed by atoms with Gasteiger partial charge in [-0.25, -0.2) is 4.79 Å². The number of ether oxygens (including phenoxy) is 2. The van der Waals surface area contributed by atoms with Gasteiger partial charge in [-0.2, -0.15) is 0 Å². The van der Waals surface area contributed by atoms with E-state index in [0.717, 1.165) is 16.9 Å². The Hall–Kier alpha value is -3.19. The van der Waals surface area contributed by atoms with Gasteiger partial charge in [-0.1, -0.05) is 30.3 Å². The maximum absolute atomic E-state index is 12.4. The van der Waals surface area contributed by atoms with E-state index in [4.69, 9.17) is 15.9 Å². The first-order valence-electron chi connectivity index (χ1n) is 8.45. The molecule has 0 spiro atoms. The number of esters is 1. The minimum absolute atomic E-state index is 0.183. The summed E-state index contributed by atoms with van der Waals surface area (Å²) in [4.78, 5) is 12.4. The molecule has 134 valence electrons. The third-order valence-corrected chi connectivity index (χ3v) is 3.79. The number of methoxy groups -OCH3 is 1. The zero-order valence-electron chi connectivity index (χ0n) is 15.1. The van der Waals surface area contributed by atoms with Gasteiger partial charge in [-0.3, -0.25) is 0 Å². The molecule has 0 heterocycles. The summed E-state index contributed by atoms with van der Waals surface area (Å²) in [7, 11) is 1.61. The van der Waals surface area contributed by atoms with Crippen LogP contribution < -0.4 is 10.1 Å². The lowest BCUT2D eigenvalue weighted by molar-refractivity contribution is -0.138. The summed E-state index contributed by atoms with van der Waals surface area (Å²) < 4.78 is 10.4. The van der Waals surface area contributed by atoms with Gasteiger partial charge in [0.15, 0.2) is 0 Å². The molecule has 1 N–H and O–H groups in total. The zero-order chi connectivity index (χ0) is 18.8. The number of terminal acetylenes is 1. The number of benzene rings is 2. The highest BCUT2D eigenvalue weighted by atomic mass is 16.5. The summed E-state index contributed by atoms with van der Waals surface area (Å²) >= 11 is 0. The highest BCUT2D eigenvalue weighted by Gasteiger charge is 2.17. The molecule has 0 saturated heterocycles. The molecule has 2 rings (SSSR count). The summed E-state index contributed by atoms with van der Waals surface area (Å²) in [5.74, 6) is 2.89. The van der Waals surface area contributed by atoms with Gasteiger partial charge >= 0.3 is 5.97 Å². The number of rotatable bonds is 8. The van der Waals surface area contributed by atoms with E-state index in [2.05, 4.69) is 11.2 Å². The minimum Gasteiger partial charge on any atom is -0.497 e. The van der Waals surface area contributed by atoms with Crippen molar-refractivity contribution in [2.75, 3.05) is 13.7 Å². The van der Waals surface area contributed by atoms with E-state index in [0.29, 0.717) is 24.4 Å². The summed E-state index contributed by atoms with van der Waals surface area (Å²) in [6.45, 7) is 2.63. The fraction of sp³-hybridized carbons (Fsp3) is 0.227. The summed E-state index contributed by atoms with van der Waals surface area (Å²) in [6.07, 6.45) is 5.67. The highest BCUT2D eigenvalue weighted by Crippen LogP contribution is 2.23. The molecule has 4 nitrogen and oxygen atoms in total. The van der Waals surface area contributed by atoms with E-state index >= 15 is 0 Å². The molecule has 4 heteroatoms. The van der Waals surface area contributed by atoms with Gasteiger partial charge in [0.05, 0.1) is 25.0 Å². The van der Waals surface area contributed by atoms with E-state index in [9.17, 15) is 4.79 Å². The van der Waals surface area contributed by atoms with Crippen LogP contribution in [0.25, 0.3) is 5.70 Å². The van der Waals surface area contributed by atoms with Gasteiger partial charge in [0.25, 0.3) is 0 Å². The van der Waals surface area contributed by atoms with Crippen LogP contribution in [0.3, 0.4) is 0 Å². The summed E-state index contributed by atoms with van der Waals surface area (Å²) in [5, 5.41) is 3.36. The number of carbonyl (C=O) groups is 1. The van der Waals surface area contributed by atoms with Gasteiger partial charge in [0, 0.05) is 13.0 Å². The lowest BCUT2D eigenvalue weighted by Crippen LogP contribution is -2.19. The normalized spacial score (nSPS) is 11.1. The maximum atomic E-state index is 12.4. The predicted molar refractivity (Wildman–Crippen MR) is 103 cm³/mol. The number of carbonyl (C=O) groups excluding carboxylic acids is 1. The zero-order valence-corrected chi connectivity index (χ0v) is 15.1. The monoisotopic (exact) mass is 349 g/mol. The van der Waals surface area contributed by atoms with Gasteiger partial charge in [0.1, 0.15) is 5.75 Å². The van der Waals surface area contributed by atoms with Crippen molar-refractivity contribution in [2.45, 2.75) is 19.9 Å². The second-order valence-electron chi connectivity index (χ2n) is 5.52. The number of hydrogen-bond acceptors (Lipinski definition) is 4. The van der Waals surface area contributed by atoms with Crippen LogP contribution in [-0.2, 0) is 16.1 Å². The van der Waals surface area contributed by atoms with Crippen molar-refractivity contribution in [2.24, 2.45) is 0 Å².